The smallest absolute Gasteiger partial charge is 0.338 e. The fourth-order valence-electron chi connectivity index (χ4n) is 7.52. The van der Waals surface area contributed by atoms with Gasteiger partial charge < -0.3 is 59.1 Å². The third-order valence-corrected chi connectivity index (χ3v) is 11.4. The van der Waals surface area contributed by atoms with Crippen LogP contribution in [0.1, 0.15) is 75.6 Å². The number of benzene rings is 1. The summed E-state index contributed by atoms with van der Waals surface area (Å²) >= 11 is 2.29. The van der Waals surface area contributed by atoms with Gasteiger partial charge in [0.25, 0.3) is 0 Å². The monoisotopic (exact) mass is 822 g/mol. The third-order valence-electron chi connectivity index (χ3n) is 10.4. The zero-order chi connectivity index (χ0) is 36.1. The number of alkyl halides is 1. The minimum atomic E-state index is -1.59. The fourth-order valence-corrected chi connectivity index (χ4v) is 8.83. The normalized spacial score (nSPS) is 40.6. The largest absolute Gasteiger partial charge is 0.479 e. The quantitative estimate of drug-likeness (QED) is 0.101. The lowest BCUT2D eigenvalue weighted by Crippen LogP contribution is -2.64. The highest BCUT2D eigenvalue weighted by atomic mass is 127. The van der Waals surface area contributed by atoms with E-state index in [9.17, 15) is 40.2 Å². The van der Waals surface area contributed by atoms with E-state index in [1.165, 1.54) is 0 Å². The van der Waals surface area contributed by atoms with E-state index in [2.05, 4.69) is 22.6 Å². The standard InChI is InChI=1S/C35H51IO14/c1-17-13-21(36)15-22(29(17)50-34-28(41)27(40)25(38)18(2)45-34)47-35-31(49-33(44)20-11-7-4-8-12-20)30(26(39)24(16-37)48-35)46-23(32(42)43)14-19-9-5-3-6-10-19/h4,7-8,11-12,17-19,21-31,34-35,37-41H,3,5-6,9-10,13-16H2,1-2H3,(H,42,43)/t17?,18?,21?,22?,23-,24?,25?,26?,27?,28?,29?,30?,31?,34?,35?/m0/s1. The molecule has 2 saturated carbocycles. The molecule has 50 heavy (non-hydrogen) atoms. The summed E-state index contributed by atoms with van der Waals surface area (Å²) in [6.45, 7) is 2.81. The molecule has 6 N–H and O–H groups in total. The van der Waals surface area contributed by atoms with Crippen LogP contribution < -0.4 is 0 Å². The Kier molecular flexibility index (Phi) is 14.3. The molecule has 15 heteroatoms. The first-order valence-electron chi connectivity index (χ1n) is 17.6. The van der Waals surface area contributed by atoms with E-state index in [4.69, 9.17) is 28.4 Å². The number of carbonyl (C=O) groups excluding carboxylic acids is 1. The molecule has 5 rings (SSSR count). The zero-order valence-electron chi connectivity index (χ0n) is 28.3. The number of carbonyl (C=O) groups is 2. The maximum Gasteiger partial charge on any atom is 0.338 e. The molecular formula is C35H51IO14. The zero-order valence-corrected chi connectivity index (χ0v) is 30.5. The number of carboxylic acid groups (broad SMARTS) is 1. The molecule has 4 aliphatic rings. The number of ether oxygens (including phenoxy) is 6. The Labute approximate surface area is 305 Å². The molecule has 15 atom stereocenters. The van der Waals surface area contributed by atoms with Crippen LogP contribution in [-0.4, -0.2) is 133 Å². The van der Waals surface area contributed by atoms with Crippen molar-refractivity contribution < 1.29 is 68.6 Å². The number of esters is 1. The van der Waals surface area contributed by atoms with Gasteiger partial charge in [0, 0.05) is 3.92 Å². The number of hydrogen-bond donors (Lipinski definition) is 6. The summed E-state index contributed by atoms with van der Waals surface area (Å²) in [7, 11) is 0. The van der Waals surface area contributed by atoms with Crippen molar-refractivity contribution in [3.63, 3.8) is 0 Å². The first kappa shape index (κ1) is 39.7. The van der Waals surface area contributed by atoms with E-state index in [1.807, 2.05) is 6.92 Å². The Bertz CT molecular complexity index is 1240. The predicted octanol–water partition coefficient (Wildman–Crippen LogP) is 1.93. The van der Waals surface area contributed by atoms with Gasteiger partial charge in [-0.25, -0.2) is 9.59 Å². The van der Waals surface area contributed by atoms with Crippen molar-refractivity contribution in [1.82, 2.24) is 0 Å². The van der Waals surface area contributed by atoms with Gasteiger partial charge in [0.1, 0.15) is 36.6 Å². The number of aliphatic hydroxyl groups excluding tert-OH is 5. The van der Waals surface area contributed by atoms with Crippen molar-refractivity contribution in [1.29, 1.82) is 0 Å². The maximum absolute atomic E-state index is 13.5. The highest BCUT2D eigenvalue weighted by Gasteiger charge is 2.53. The molecule has 0 spiro atoms. The lowest BCUT2D eigenvalue weighted by Gasteiger charge is -2.48. The van der Waals surface area contributed by atoms with Crippen molar-refractivity contribution >= 4 is 34.5 Å². The van der Waals surface area contributed by atoms with E-state index in [0.717, 1.165) is 32.1 Å². The molecular weight excluding hydrogens is 771 g/mol. The highest BCUT2D eigenvalue weighted by molar-refractivity contribution is 14.1. The Morgan fingerprint density at radius 2 is 1.56 bits per heavy atom. The molecule has 0 aromatic heterocycles. The van der Waals surface area contributed by atoms with Crippen LogP contribution in [0, 0.1) is 11.8 Å². The summed E-state index contributed by atoms with van der Waals surface area (Å²) in [6, 6.07) is 8.13. The van der Waals surface area contributed by atoms with Gasteiger partial charge in [0.2, 0.25) is 0 Å². The second kappa shape index (κ2) is 18.0. The van der Waals surface area contributed by atoms with E-state index in [0.29, 0.717) is 12.8 Å². The van der Waals surface area contributed by atoms with Gasteiger partial charge >= 0.3 is 11.9 Å². The van der Waals surface area contributed by atoms with Crippen molar-refractivity contribution in [2.45, 2.75) is 149 Å². The lowest BCUT2D eigenvalue weighted by atomic mass is 9.85. The average molecular weight is 823 g/mol. The van der Waals surface area contributed by atoms with Gasteiger partial charge in [0.15, 0.2) is 24.8 Å². The van der Waals surface area contributed by atoms with Gasteiger partial charge in [0.05, 0.1) is 30.5 Å². The second-order valence-corrected chi connectivity index (χ2v) is 15.9. The van der Waals surface area contributed by atoms with Crippen LogP contribution in [0.2, 0.25) is 0 Å². The van der Waals surface area contributed by atoms with Crippen LogP contribution in [0.4, 0.5) is 0 Å². The van der Waals surface area contributed by atoms with Gasteiger partial charge in [-0.1, -0.05) is 79.8 Å². The van der Waals surface area contributed by atoms with Crippen LogP contribution in [0.3, 0.4) is 0 Å². The van der Waals surface area contributed by atoms with E-state index in [-0.39, 0.29) is 27.7 Å². The first-order valence-corrected chi connectivity index (χ1v) is 18.9. The highest BCUT2D eigenvalue weighted by Crippen LogP contribution is 2.39. The molecule has 0 bridgehead atoms. The topological polar surface area (TPSA) is 211 Å². The molecule has 4 fully saturated rings. The number of hydrogen-bond acceptors (Lipinski definition) is 13. The van der Waals surface area contributed by atoms with Crippen molar-refractivity contribution in [3.8, 4) is 0 Å². The summed E-state index contributed by atoms with van der Waals surface area (Å²) in [5.74, 6) is -2.07. The van der Waals surface area contributed by atoms with Crippen LogP contribution in [0.15, 0.2) is 30.3 Å². The Balaban J connectivity index is 1.44. The minimum Gasteiger partial charge on any atom is -0.479 e. The van der Waals surface area contributed by atoms with E-state index < -0.39 is 98.3 Å². The van der Waals surface area contributed by atoms with Crippen molar-refractivity contribution in [2.24, 2.45) is 11.8 Å². The van der Waals surface area contributed by atoms with E-state index in [1.54, 1.807) is 37.3 Å². The third kappa shape index (κ3) is 9.53. The lowest BCUT2D eigenvalue weighted by molar-refractivity contribution is -0.347. The summed E-state index contributed by atoms with van der Waals surface area (Å²) in [5, 5.41) is 63.3. The number of aliphatic hydroxyl groups is 5. The van der Waals surface area contributed by atoms with Gasteiger partial charge in [-0.3, -0.25) is 0 Å². The Morgan fingerprint density at radius 3 is 2.22 bits per heavy atom. The fraction of sp³-hybridized carbons (Fsp3) is 0.771. The molecule has 282 valence electrons. The molecule has 0 radical (unpaired) electrons. The van der Waals surface area contributed by atoms with Gasteiger partial charge in [-0.15, -0.1) is 0 Å². The molecule has 14 unspecified atom stereocenters. The molecule has 1 aromatic rings. The molecule has 2 heterocycles. The summed E-state index contributed by atoms with van der Waals surface area (Å²) in [6.07, 6.45) is -10.6. The summed E-state index contributed by atoms with van der Waals surface area (Å²) < 4.78 is 36.9. The SMILES string of the molecule is CC1CC(I)CC(OC2OC(CO)C(O)C(O[C@@H](CC3CCCCC3)C(=O)O)C2OC(=O)c2ccccc2)C1OC1OC(C)C(O)C(O)C1O. The molecule has 1 aromatic carbocycles. The van der Waals surface area contributed by atoms with Crippen molar-refractivity contribution in [3.05, 3.63) is 35.9 Å². The molecule has 0 amide bonds. The maximum atomic E-state index is 13.5. The number of aliphatic carboxylic acids is 1. The molecule has 14 nitrogen and oxygen atoms in total. The van der Waals surface area contributed by atoms with Crippen LogP contribution in [0.5, 0.6) is 0 Å². The van der Waals surface area contributed by atoms with E-state index >= 15 is 0 Å². The first-order chi connectivity index (χ1) is 23.9. The predicted molar refractivity (Wildman–Crippen MR) is 183 cm³/mol. The van der Waals surface area contributed by atoms with Crippen LogP contribution in [-0.2, 0) is 33.2 Å². The number of rotatable bonds is 12. The second-order valence-electron chi connectivity index (χ2n) is 14.1. The minimum absolute atomic E-state index is 0.100. The number of halogens is 1. The molecule has 2 aliphatic carbocycles. The average Bonchev–Trinajstić information content (AvgIpc) is 3.10. The van der Waals surface area contributed by atoms with Gasteiger partial charge in [-0.2, -0.15) is 0 Å². The molecule has 2 aliphatic heterocycles. The molecule has 2 saturated heterocycles. The van der Waals surface area contributed by atoms with Crippen LogP contribution in [0.25, 0.3) is 0 Å². The Morgan fingerprint density at radius 1 is 0.860 bits per heavy atom. The Hall–Kier alpha value is -1.51. The number of carboxylic acids is 1. The van der Waals surface area contributed by atoms with Crippen LogP contribution >= 0.6 is 22.6 Å². The summed E-state index contributed by atoms with van der Waals surface area (Å²) in [4.78, 5) is 26.0. The van der Waals surface area contributed by atoms with Gasteiger partial charge in [-0.05, 0) is 50.2 Å². The summed E-state index contributed by atoms with van der Waals surface area (Å²) in [5.41, 5.74) is 0.193. The van der Waals surface area contributed by atoms with Crippen molar-refractivity contribution in [2.75, 3.05) is 6.61 Å².